The number of para-hydroxylation sites is 1. The van der Waals surface area contributed by atoms with Crippen LogP contribution >= 0.6 is 0 Å². The van der Waals surface area contributed by atoms with Gasteiger partial charge in [-0.25, -0.2) is 4.68 Å². The number of carbonyl (C=O) groups is 1. The molecule has 1 amide bonds. The van der Waals surface area contributed by atoms with Gasteiger partial charge in [-0.3, -0.25) is 4.79 Å². The van der Waals surface area contributed by atoms with Gasteiger partial charge in [0.25, 0.3) is 5.91 Å². The summed E-state index contributed by atoms with van der Waals surface area (Å²) in [5.41, 5.74) is 5.05. The van der Waals surface area contributed by atoms with E-state index in [9.17, 15) is 4.79 Å². The van der Waals surface area contributed by atoms with Crippen LogP contribution < -0.4 is 5.32 Å². The van der Waals surface area contributed by atoms with Gasteiger partial charge in [0.2, 0.25) is 0 Å². The van der Waals surface area contributed by atoms with Gasteiger partial charge in [0.15, 0.2) is 0 Å². The molecule has 1 aliphatic carbocycles. The van der Waals surface area contributed by atoms with Crippen molar-refractivity contribution in [3.63, 3.8) is 0 Å². The normalized spacial score (nSPS) is 14.2. The summed E-state index contributed by atoms with van der Waals surface area (Å²) in [6, 6.07) is 8.23. The number of hydrogen-bond acceptors (Lipinski definition) is 2. The molecule has 2 aromatic rings. The maximum atomic E-state index is 12.8. The van der Waals surface area contributed by atoms with Crippen LogP contribution in [-0.2, 0) is 6.42 Å². The maximum Gasteiger partial charge on any atom is 0.255 e. The van der Waals surface area contributed by atoms with E-state index in [-0.39, 0.29) is 5.91 Å². The third-order valence-corrected chi connectivity index (χ3v) is 4.55. The van der Waals surface area contributed by atoms with Crippen molar-refractivity contribution >= 4 is 5.91 Å². The van der Waals surface area contributed by atoms with Crippen molar-refractivity contribution in [1.29, 1.82) is 0 Å². The number of benzene rings is 1. The first-order chi connectivity index (χ1) is 11.5. The molecule has 1 heterocycles. The minimum absolute atomic E-state index is 0.0299. The van der Waals surface area contributed by atoms with Gasteiger partial charge in [-0.05, 0) is 43.7 Å². The van der Waals surface area contributed by atoms with Gasteiger partial charge in [0.05, 0.1) is 22.6 Å². The molecule has 0 unspecified atom stereocenters. The second kappa shape index (κ2) is 6.80. The lowest BCUT2D eigenvalue weighted by molar-refractivity contribution is 0.0947. The molecule has 0 radical (unpaired) electrons. The highest BCUT2D eigenvalue weighted by atomic mass is 16.1. The Hall–Kier alpha value is -2.10. The Labute approximate surface area is 144 Å². The number of carbonyl (C=O) groups excluding carboxylic acids is 1. The van der Waals surface area contributed by atoms with Gasteiger partial charge in [-0.15, -0.1) is 0 Å². The third kappa shape index (κ3) is 3.23. The summed E-state index contributed by atoms with van der Waals surface area (Å²) in [6.07, 6.45) is 3.06. The Bertz CT molecular complexity index is 741. The van der Waals surface area contributed by atoms with Gasteiger partial charge in [0.1, 0.15) is 0 Å². The molecule has 1 fully saturated rings. The van der Waals surface area contributed by atoms with Crippen LogP contribution in [0.3, 0.4) is 0 Å². The van der Waals surface area contributed by atoms with E-state index in [4.69, 9.17) is 5.10 Å². The summed E-state index contributed by atoms with van der Waals surface area (Å²) in [5, 5.41) is 7.96. The minimum Gasteiger partial charge on any atom is -0.352 e. The lowest BCUT2D eigenvalue weighted by Crippen LogP contribution is -2.28. The maximum absolute atomic E-state index is 12.8. The van der Waals surface area contributed by atoms with E-state index in [1.807, 2.05) is 16.8 Å². The van der Waals surface area contributed by atoms with Gasteiger partial charge < -0.3 is 5.32 Å². The van der Waals surface area contributed by atoms with Gasteiger partial charge in [0, 0.05) is 12.5 Å². The molecule has 1 saturated carbocycles. The van der Waals surface area contributed by atoms with Crippen molar-refractivity contribution in [3.8, 4) is 5.69 Å². The topological polar surface area (TPSA) is 46.9 Å². The predicted octanol–water partition coefficient (Wildman–Crippen LogP) is 4.01. The second-order valence-electron chi connectivity index (χ2n) is 7.14. The highest BCUT2D eigenvalue weighted by Crippen LogP contribution is 2.42. The fraction of sp³-hybridized carbons (Fsp3) is 0.500. The predicted molar refractivity (Wildman–Crippen MR) is 96.8 cm³/mol. The molecule has 128 valence electrons. The number of nitrogens with zero attached hydrogens (tertiary/aromatic N) is 2. The molecule has 4 nitrogen and oxygen atoms in total. The Kier molecular flexibility index (Phi) is 4.74. The molecule has 0 bridgehead atoms. The van der Waals surface area contributed by atoms with E-state index in [0.717, 1.165) is 41.9 Å². The van der Waals surface area contributed by atoms with Gasteiger partial charge in [-0.2, -0.15) is 5.10 Å². The number of aryl methyl sites for hydroxylation is 1. The molecule has 1 aromatic carbocycles. The van der Waals surface area contributed by atoms with Crippen LogP contribution in [0.5, 0.6) is 0 Å². The summed E-state index contributed by atoms with van der Waals surface area (Å²) >= 11 is 0. The molecule has 3 rings (SSSR count). The molecular formula is C20H27N3O. The summed E-state index contributed by atoms with van der Waals surface area (Å²) in [4.78, 5) is 12.8. The molecule has 1 aromatic heterocycles. The summed E-state index contributed by atoms with van der Waals surface area (Å²) in [7, 11) is 0. The highest BCUT2D eigenvalue weighted by Gasteiger charge is 2.34. The van der Waals surface area contributed by atoms with Gasteiger partial charge >= 0.3 is 0 Å². The zero-order valence-corrected chi connectivity index (χ0v) is 15.1. The summed E-state index contributed by atoms with van der Waals surface area (Å²) in [5.74, 6) is 0.914. The lowest BCUT2D eigenvalue weighted by Gasteiger charge is -2.11. The Morgan fingerprint density at radius 3 is 2.62 bits per heavy atom. The van der Waals surface area contributed by atoms with Crippen LogP contribution in [0.4, 0.5) is 0 Å². The minimum atomic E-state index is 0.0299. The molecule has 4 heteroatoms. The molecule has 1 aliphatic rings. The van der Waals surface area contributed by atoms with Crippen molar-refractivity contribution in [2.45, 2.75) is 52.9 Å². The second-order valence-corrected chi connectivity index (χ2v) is 7.14. The molecule has 0 spiro atoms. The van der Waals surface area contributed by atoms with Crippen molar-refractivity contribution in [2.75, 3.05) is 6.54 Å². The summed E-state index contributed by atoms with van der Waals surface area (Å²) in [6.45, 7) is 9.11. The fourth-order valence-corrected chi connectivity index (χ4v) is 3.07. The molecule has 0 atom stereocenters. The Balaban J connectivity index is 2.07. The largest absolute Gasteiger partial charge is 0.352 e. The average molecular weight is 325 g/mol. The average Bonchev–Trinajstić information content (AvgIpc) is 3.33. The Morgan fingerprint density at radius 2 is 2.04 bits per heavy atom. The van der Waals surface area contributed by atoms with E-state index in [2.05, 4.69) is 45.1 Å². The third-order valence-electron chi connectivity index (χ3n) is 4.55. The van der Waals surface area contributed by atoms with Crippen molar-refractivity contribution in [3.05, 3.63) is 46.8 Å². The lowest BCUT2D eigenvalue weighted by atomic mass is 10.1. The van der Waals surface area contributed by atoms with Crippen molar-refractivity contribution in [1.82, 2.24) is 15.1 Å². The van der Waals surface area contributed by atoms with Crippen LogP contribution in [0.1, 0.15) is 66.8 Å². The highest BCUT2D eigenvalue weighted by molar-refractivity contribution is 5.97. The Morgan fingerprint density at radius 1 is 1.33 bits per heavy atom. The number of hydrogen-bond donors (Lipinski definition) is 1. The van der Waals surface area contributed by atoms with Crippen molar-refractivity contribution in [2.24, 2.45) is 5.92 Å². The van der Waals surface area contributed by atoms with E-state index in [1.54, 1.807) is 0 Å². The first-order valence-electron chi connectivity index (χ1n) is 8.98. The van der Waals surface area contributed by atoms with E-state index < -0.39 is 0 Å². The van der Waals surface area contributed by atoms with Crippen LogP contribution in [0.25, 0.3) is 5.69 Å². The van der Waals surface area contributed by atoms with Crippen LogP contribution in [0.2, 0.25) is 0 Å². The van der Waals surface area contributed by atoms with Crippen LogP contribution in [-0.4, -0.2) is 22.2 Å². The first-order valence-corrected chi connectivity index (χ1v) is 8.98. The fourth-order valence-electron chi connectivity index (χ4n) is 3.07. The quantitative estimate of drug-likeness (QED) is 0.872. The smallest absolute Gasteiger partial charge is 0.255 e. The van der Waals surface area contributed by atoms with Crippen molar-refractivity contribution < 1.29 is 4.79 Å². The number of amides is 1. The zero-order chi connectivity index (χ0) is 17.3. The van der Waals surface area contributed by atoms with E-state index in [0.29, 0.717) is 18.4 Å². The van der Waals surface area contributed by atoms with Crippen LogP contribution in [0, 0.1) is 12.8 Å². The monoisotopic (exact) mass is 325 g/mol. The number of rotatable bonds is 6. The summed E-state index contributed by atoms with van der Waals surface area (Å²) < 4.78 is 1.99. The molecular weight excluding hydrogens is 298 g/mol. The first kappa shape index (κ1) is 16.7. The van der Waals surface area contributed by atoms with Gasteiger partial charge in [-0.1, -0.05) is 39.0 Å². The number of nitrogens with one attached hydrogen (secondary N) is 1. The number of aromatic nitrogens is 2. The molecule has 1 N–H and O–H groups in total. The molecule has 24 heavy (non-hydrogen) atoms. The molecule has 0 aliphatic heterocycles. The van der Waals surface area contributed by atoms with E-state index >= 15 is 0 Å². The molecule has 0 saturated heterocycles. The SMILES string of the molecule is CCc1c(C(=O)NCC(C)C)c(C2CC2)nn1-c1ccccc1C. The standard InChI is InChI=1S/C20H27N3O/c1-5-16-18(20(24)21-12-13(2)3)19(15-10-11-15)22-23(16)17-9-7-6-8-14(17)4/h6-9,13,15H,5,10-12H2,1-4H3,(H,21,24). The van der Waals surface area contributed by atoms with Crippen LogP contribution in [0.15, 0.2) is 24.3 Å². The zero-order valence-electron chi connectivity index (χ0n) is 15.1. The van der Waals surface area contributed by atoms with E-state index in [1.165, 1.54) is 5.56 Å².